The summed E-state index contributed by atoms with van der Waals surface area (Å²) in [6.45, 7) is 7.18. The number of aryl methyl sites for hydroxylation is 1. The number of hydrogen-bond acceptors (Lipinski definition) is 5. The van der Waals surface area contributed by atoms with E-state index >= 15 is 0 Å². The fourth-order valence-electron chi connectivity index (χ4n) is 2.12. The van der Waals surface area contributed by atoms with Gasteiger partial charge in [0.15, 0.2) is 0 Å². The average molecular weight is 304 g/mol. The topological polar surface area (TPSA) is 76.7 Å². The molecule has 2 aromatic rings. The van der Waals surface area contributed by atoms with Crippen LogP contribution in [0.25, 0.3) is 11.0 Å². The summed E-state index contributed by atoms with van der Waals surface area (Å²) >= 11 is 0. The number of benzene rings is 1. The number of aromatic hydroxyl groups is 1. The van der Waals surface area contributed by atoms with Crippen molar-refractivity contribution in [1.29, 1.82) is 0 Å². The van der Waals surface area contributed by atoms with Crippen LogP contribution in [0.5, 0.6) is 11.5 Å². The van der Waals surface area contributed by atoms with E-state index in [1.165, 1.54) is 18.2 Å². The van der Waals surface area contributed by atoms with Gasteiger partial charge in [-0.1, -0.05) is 13.3 Å². The van der Waals surface area contributed by atoms with Crippen molar-refractivity contribution in [2.45, 2.75) is 40.5 Å². The molecule has 5 nitrogen and oxygen atoms in total. The van der Waals surface area contributed by atoms with E-state index in [0.717, 1.165) is 12.0 Å². The standard InChI is InChI=1S/C17H20O5/c1-5-6-10-7-14(19)22-13-9-11(8-12(18)15(10)13)21-16(20)17(2,3)4/h7-9,18H,5-6H2,1-4H3. The van der Waals surface area contributed by atoms with E-state index in [0.29, 0.717) is 11.8 Å². The van der Waals surface area contributed by atoms with Crippen molar-refractivity contribution in [2.24, 2.45) is 5.41 Å². The van der Waals surface area contributed by atoms with Crippen molar-refractivity contribution in [1.82, 2.24) is 0 Å². The Hall–Kier alpha value is -2.30. The molecule has 0 bridgehead atoms. The van der Waals surface area contributed by atoms with Gasteiger partial charge in [-0.05, 0) is 32.8 Å². The van der Waals surface area contributed by atoms with Gasteiger partial charge in [0.25, 0.3) is 0 Å². The molecule has 1 heterocycles. The lowest BCUT2D eigenvalue weighted by molar-refractivity contribution is -0.142. The molecular weight excluding hydrogens is 284 g/mol. The molecule has 118 valence electrons. The number of esters is 1. The molecule has 0 amide bonds. The molecule has 0 spiro atoms. The summed E-state index contributed by atoms with van der Waals surface area (Å²) in [6.07, 6.45) is 1.48. The molecule has 0 aliphatic rings. The Balaban J connectivity index is 2.54. The van der Waals surface area contributed by atoms with E-state index in [9.17, 15) is 14.7 Å². The average Bonchev–Trinajstić information content (AvgIpc) is 2.36. The number of ether oxygens (including phenoxy) is 1. The van der Waals surface area contributed by atoms with E-state index in [1.54, 1.807) is 20.8 Å². The molecule has 0 saturated heterocycles. The molecule has 0 radical (unpaired) electrons. The maximum atomic E-state index is 11.9. The Morgan fingerprint density at radius 1 is 1.27 bits per heavy atom. The minimum absolute atomic E-state index is 0.0681. The van der Waals surface area contributed by atoms with Crippen LogP contribution < -0.4 is 10.4 Å². The quantitative estimate of drug-likeness (QED) is 0.534. The Bertz CT molecular complexity index is 765. The lowest BCUT2D eigenvalue weighted by atomic mass is 9.97. The van der Waals surface area contributed by atoms with Gasteiger partial charge >= 0.3 is 11.6 Å². The Kier molecular flexibility index (Phi) is 4.26. The van der Waals surface area contributed by atoms with Crippen LogP contribution >= 0.6 is 0 Å². The summed E-state index contributed by atoms with van der Waals surface area (Å²) in [6, 6.07) is 4.21. The normalized spacial score (nSPS) is 11.6. The highest BCUT2D eigenvalue weighted by atomic mass is 16.5. The maximum Gasteiger partial charge on any atom is 0.336 e. The highest BCUT2D eigenvalue weighted by Crippen LogP contribution is 2.33. The first-order chi connectivity index (χ1) is 10.2. The van der Waals surface area contributed by atoms with Crippen LogP contribution in [0, 0.1) is 5.41 Å². The van der Waals surface area contributed by atoms with Gasteiger partial charge in [0.2, 0.25) is 0 Å². The minimum atomic E-state index is -0.671. The molecular formula is C17H20O5. The first-order valence-corrected chi connectivity index (χ1v) is 7.24. The summed E-state index contributed by atoms with van der Waals surface area (Å²) < 4.78 is 10.4. The van der Waals surface area contributed by atoms with Crippen LogP contribution in [-0.2, 0) is 11.2 Å². The van der Waals surface area contributed by atoms with Crippen LogP contribution in [0.2, 0.25) is 0 Å². The van der Waals surface area contributed by atoms with Gasteiger partial charge in [-0.15, -0.1) is 0 Å². The van der Waals surface area contributed by atoms with Gasteiger partial charge in [0.1, 0.15) is 17.1 Å². The Labute approximate surface area is 128 Å². The third-order valence-corrected chi connectivity index (χ3v) is 3.22. The molecule has 1 aromatic heterocycles. The second kappa shape index (κ2) is 5.83. The van der Waals surface area contributed by atoms with Gasteiger partial charge in [-0.3, -0.25) is 4.79 Å². The van der Waals surface area contributed by atoms with Crippen molar-refractivity contribution in [2.75, 3.05) is 0 Å². The zero-order chi connectivity index (χ0) is 16.5. The number of phenols is 1. The van der Waals surface area contributed by atoms with Crippen LogP contribution in [0.3, 0.4) is 0 Å². The van der Waals surface area contributed by atoms with Crippen molar-refractivity contribution in [3.63, 3.8) is 0 Å². The molecule has 22 heavy (non-hydrogen) atoms. The molecule has 0 saturated carbocycles. The number of hydrogen-bond donors (Lipinski definition) is 1. The first kappa shape index (κ1) is 16.1. The van der Waals surface area contributed by atoms with E-state index in [2.05, 4.69) is 0 Å². The van der Waals surface area contributed by atoms with Gasteiger partial charge in [0, 0.05) is 18.2 Å². The van der Waals surface area contributed by atoms with Crippen molar-refractivity contribution < 1.29 is 19.1 Å². The van der Waals surface area contributed by atoms with Crippen molar-refractivity contribution >= 4 is 16.9 Å². The first-order valence-electron chi connectivity index (χ1n) is 7.24. The van der Waals surface area contributed by atoms with Crippen LogP contribution in [0.1, 0.15) is 39.7 Å². The SMILES string of the molecule is CCCc1cc(=O)oc2cc(OC(=O)C(C)(C)C)cc(O)c12. The van der Waals surface area contributed by atoms with Crippen LogP contribution in [0.4, 0.5) is 0 Å². The van der Waals surface area contributed by atoms with Gasteiger partial charge in [0.05, 0.1) is 10.8 Å². The number of fused-ring (bicyclic) bond motifs is 1. The highest BCUT2D eigenvalue weighted by molar-refractivity contribution is 5.89. The maximum absolute atomic E-state index is 11.9. The summed E-state index contributed by atoms with van der Waals surface area (Å²) in [7, 11) is 0. The molecule has 5 heteroatoms. The number of phenolic OH excluding ortho intramolecular Hbond substituents is 1. The van der Waals surface area contributed by atoms with Gasteiger partial charge in [-0.2, -0.15) is 0 Å². The molecule has 1 N–H and O–H groups in total. The summed E-state index contributed by atoms with van der Waals surface area (Å²) in [4.78, 5) is 23.5. The molecule has 0 atom stereocenters. The summed E-state index contributed by atoms with van der Waals surface area (Å²) in [5.41, 5.74) is -0.225. The van der Waals surface area contributed by atoms with Crippen molar-refractivity contribution in [3.05, 3.63) is 34.2 Å². The van der Waals surface area contributed by atoms with Gasteiger partial charge in [-0.25, -0.2) is 4.79 Å². The molecule has 0 aliphatic carbocycles. The predicted molar refractivity (Wildman–Crippen MR) is 83.2 cm³/mol. The van der Waals surface area contributed by atoms with E-state index in [4.69, 9.17) is 9.15 Å². The smallest absolute Gasteiger partial charge is 0.336 e. The largest absolute Gasteiger partial charge is 0.507 e. The number of rotatable bonds is 3. The predicted octanol–water partition coefficient (Wildman–Crippen LogP) is 3.40. The van der Waals surface area contributed by atoms with Crippen molar-refractivity contribution in [3.8, 4) is 11.5 Å². The van der Waals surface area contributed by atoms with Crippen LogP contribution in [-0.4, -0.2) is 11.1 Å². The fourth-order valence-corrected chi connectivity index (χ4v) is 2.12. The molecule has 0 fully saturated rings. The molecule has 1 aromatic carbocycles. The summed E-state index contributed by atoms with van der Waals surface area (Å²) in [5, 5.41) is 10.7. The monoisotopic (exact) mass is 304 g/mol. The lowest BCUT2D eigenvalue weighted by Gasteiger charge is -2.16. The molecule has 0 unspecified atom stereocenters. The fraction of sp³-hybridized carbons (Fsp3) is 0.412. The van der Waals surface area contributed by atoms with E-state index < -0.39 is 17.0 Å². The Morgan fingerprint density at radius 3 is 2.55 bits per heavy atom. The summed E-state index contributed by atoms with van der Waals surface area (Å²) in [5.74, 6) is -0.346. The zero-order valence-corrected chi connectivity index (χ0v) is 13.2. The third kappa shape index (κ3) is 3.30. The third-order valence-electron chi connectivity index (χ3n) is 3.22. The second-order valence-corrected chi connectivity index (χ2v) is 6.30. The molecule has 0 aliphatic heterocycles. The van der Waals surface area contributed by atoms with E-state index in [-0.39, 0.29) is 17.1 Å². The van der Waals surface area contributed by atoms with Gasteiger partial charge < -0.3 is 14.3 Å². The number of carbonyl (C=O) groups is 1. The molecule has 2 rings (SSSR count). The van der Waals surface area contributed by atoms with Crippen LogP contribution in [0.15, 0.2) is 27.4 Å². The highest BCUT2D eigenvalue weighted by Gasteiger charge is 2.24. The lowest BCUT2D eigenvalue weighted by Crippen LogP contribution is -2.25. The second-order valence-electron chi connectivity index (χ2n) is 6.30. The minimum Gasteiger partial charge on any atom is -0.507 e. The zero-order valence-electron chi connectivity index (χ0n) is 13.2. The Morgan fingerprint density at radius 2 is 1.95 bits per heavy atom. The number of carbonyl (C=O) groups excluding carboxylic acids is 1. The van der Waals surface area contributed by atoms with E-state index in [1.807, 2.05) is 6.92 Å².